The Morgan fingerprint density at radius 1 is 1.41 bits per heavy atom. The van der Waals surface area contributed by atoms with Crippen molar-refractivity contribution < 1.29 is 13.2 Å². The van der Waals surface area contributed by atoms with Gasteiger partial charge in [-0.1, -0.05) is 6.42 Å². The van der Waals surface area contributed by atoms with Gasteiger partial charge in [0.05, 0.1) is 12.4 Å². The van der Waals surface area contributed by atoms with E-state index in [9.17, 15) is 8.42 Å². The number of nitrogens with two attached hydrogens (primary N) is 1. The molecule has 2 N–H and O–H groups in total. The Morgan fingerprint density at radius 3 is 2.71 bits per heavy atom. The van der Waals surface area contributed by atoms with Gasteiger partial charge in [-0.05, 0) is 26.7 Å². The van der Waals surface area contributed by atoms with Crippen molar-refractivity contribution in [1.29, 1.82) is 0 Å². The normalized spacial score (nSPS) is 27.2. The minimum atomic E-state index is -3.24. The predicted molar refractivity (Wildman–Crippen MR) is 68.3 cm³/mol. The number of nitrogens with zero attached hydrogens (tertiary/aromatic N) is 1. The molecule has 0 bridgehead atoms. The Bertz CT molecular complexity index is 319. The second kappa shape index (κ2) is 6.68. The highest BCUT2D eigenvalue weighted by Gasteiger charge is 2.35. The third kappa shape index (κ3) is 3.91. The van der Waals surface area contributed by atoms with Crippen molar-refractivity contribution in [2.75, 3.05) is 25.5 Å². The summed E-state index contributed by atoms with van der Waals surface area (Å²) >= 11 is 0. The molecule has 0 saturated carbocycles. The number of sulfonamides is 1. The first-order chi connectivity index (χ1) is 8.03. The van der Waals surface area contributed by atoms with Crippen molar-refractivity contribution in [2.24, 2.45) is 5.73 Å². The van der Waals surface area contributed by atoms with Gasteiger partial charge in [-0.2, -0.15) is 4.31 Å². The van der Waals surface area contributed by atoms with E-state index in [4.69, 9.17) is 10.5 Å². The van der Waals surface area contributed by atoms with Crippen LogP contribution in [-0.2, 0) is 14.8 Å². The molecule has 0 amide bonds. The van der Waals surface area contributed by atoms with Crippen LogP contribution in [0.4, 0.5) is 0 Å². The summed E-state index contributed by atoms with van der Waals surface area (Å²) in [6, 6.07) is 0.0225. The summed E-state index contributed by atoms with van der Waals surface area (Å²) < 4.78 is 31.2. The van der Waals surface area contributed by atoms with Crippen LogP contribution in [0.3, 0.4) is 0 Å². The molecule has 0 aromatic rings. The maximum Gasteiger partial charge on any atom is 0.216 e. The Hall–Kier alpha value is -0.170. The minimum Gasteiger partial charge on any atom is -0.381 e. The van der Waals surface area contributed by atoms with E-state index in [1.807, 2.05) is 13.8 Å². The molecule has 1 aliphatic rings. The van der Waals surface area contributed by atoms with Gasteiger partial charge in [0.25, 0.3) is 0 Å². The van der Waals surface area contributed by atoms with Crippen LogP contribution in [0, 0.1) is 0 Å². The van der Waals surface area contributed by atoms with E-state index >= 15 is 0 Å². The van der Waals surface area contributed by atoms with Crippen LogP contribution >= 0.6 is 0 Å². The topological polar surface area (TPSA) is 72.6 Å². The van der Waals surface area contributed by atoms with E-state index in [-0.39, 0.29) is 24.4 Å². The van der Waals surface area contributed by atoms with Crippen molar-refractivity contribution in [3.63, 3.8) is 0 Å². The summed E-state index contributed by atoms with van der Waals surface area (Å²) in [4.78, 5) is 0. The standard InChI is InChI=1S/C11H24N2O3S/c1-3-16-7-8-17(14,15)13-10(2)5-4-6-11(13)9-12/h10-11H,3-9,12H2,1-2H3. The van der Waals surface area contributed by atoms with Crippen LogP contribution in [0.1, 0.15) is 33.1 Å². The largest absolute Gasteiger partial charge is 0.381 e. The molecular formula is C11H24N2O3S. The molecule has 5 nitrogen and oxygen atoms in total. The maximum atomic E-state index is 12.2. The van der Waals surface area contributed by atoms with E-state index in [0.717, 1.165) is 19.3 Å². The zero-order valence-electron chi connectivity index (χ0n) is 10.8. The van der Waals surface area contributed by atoms with Gasteiger partial charge in [0.15, 0.2) is 0 Å². The summed E-state index contributed by atoms with van der Waals surface area (Å²) in [6.07, 6.45) is 2.85. The molecule has 0 aromatic carbocycles. The lowest BCUT2D eigenvalue weighted by Gasteiger charge is -2.38. The third-order valence-corrected chi connectivity index (χ3v) is 5.22. The molecular weight excluding hydrogens is 240 g/mol. The van der Waals surface area contributed by atoms with Crippen LogP contribution in [0.15, 0.2) is 0 Å². The predicted octanol–water partition coefficient (Wildman–Crippen LogP) is 0.554. The summed E-state index contributed by atoms with van der Waals surface area (Å²) in [5.41, 5.74) is 5.67. The zero-order chi connectivity index (χ0) is 12.9. The first-order valence-corrected chi connectivity index (χ1v) is 7.92. The molecule has 1 aliphatic heterocycles. The van der Waals surface area contributed by atoms with Crippen LogP contribution < -0.4 is 5.73 Å². The van der Waals surface area contributed by atoms with E-state index in [1.165, 1.54) is 0 Å². The van der Waals surface area contributed by atoms with E-state index in [1.54, 1.807) is 4.31 Å². The molecule has 2 unspecified atom stereocenters. The van der Waals surface area contributed by atoms with E-state index in [0.29, 0.717) is 13.2 Å². The van der Waals surface area contributed by atoms with Crippen molar-refractivity contribution in [3.8, 4) is 0 Å². The highest BCUT2D eigenvalue weighted by molar-refractivity contribution is 7.89. The molecule has 1 saturated heterocycles. The van der Waals surface area contributed by atoms with Gasteiger partial charge in [0, 0.05) is 25.2 Å². The second-order valence-corrected chi connectivity index (χ2v) is 6.51. The lowest BCUT2D eigenvalue weighted by molar-refractivity contribution is 0.157. The fraction of sp³-hybridized carbons (Fsp3) is 1.00. The summed E-state index contributed by atoms with van der Waals surface area (Å²) in [6.45, 7) is 5.03. The number of hydrogen-bond acceptors (Lipinski definition) is 4. The number of ether oxygens (including phenoxy) is 1. The number of hydrogen-bond donors (Lipinski definition) is 1. The molecule has 17 heavy (non-hydrogen) atoms. The maximum absolute atomic E-state index is 12.2. The smallest absolute Gasteiger partial charge is 0.216 e. The Balaban J connectivity index is 2.71. The van der Waals surface area contributed by atoms with Gasteiger partial charge < -0.3 is 10.5 Å². The van der Waals surface area contributed by atoms with E-state index < -0.39 is 10.0 Å². The average molecular weight is 264 g/mol. The first-order valence-electron chi connectivity index (χ1n) is 6.32. The first kappa shape index (κ1) is 14.9. The third-order valence-electron chi connectivity index (χ3n) is 3.24. The molecule has 1 rings (SSSR count). The van der Waals surface area contributed by atoms with Gasteiger partial charge in [0.1, 0.15) is 0 Å². The van der Waals surface area contributed by atoms with Crippen LogP contribution in [0.2, 0.25) is 0 Å². The Labute approximate surface area is 104 Å². The summed E-state index contributed by atoms with van der Waals surface area (Å²) in [5.74, 6) is 0.0572. The van der Waals surface area contributed by atoms with Crippen LogP contribution in [0.5, 0.6) is 0 Å². The highest BCUT2D eigenvalue weighted by atomic mass is 32.2. The molecule has 0 spiro atoms. The van der Waals surface area contributed by atoms with Gasteiger partial charge in [-0.15, -0.1) is 0 Å². The average Bonchev–Trinajstić information content (AvgIpc) is 2.28. The molecule has 0 aromatic heterocycles. The fourth-order valence-corrected chi connectivity index (χ4v) is 4.24. The Morgan fingerprint density at radius 2 is 2.12 bits per heavy atom. The van der Waals surface area contributed by atoms with Gasteiger partial charge in [-0.25, -0.2) is 8.42 Å². The van der Waals surface area contributed by atoms with Gasteiger partial charge in [-0.3, -0.25) is 0 Å². The van der Waals surface area contributed by atoms with Gasteiger partial charge in [0.2, 0.25) is 10.0 Å². The highest BCUT2D eigenvalue weighted by Crippen LogP contribution is 2.25. The molecule has 1 heterocycles. The number of rotatable bonds is 6. The molecule has 0 radical (unpaired) electrons. The summed E-state index contributed by atoms with van der Waals surface area (Å²) in [5, 5.41) is 0. The second-order valence-electron chi connectivity index (χ2n) is 4.51. The molecule has 102 valence electrons. The molecule has 2 atom stereocenters. The monoisotopic (exact) mass is 264 g/mol. The molecule has 0 aliphatic carbocycles. The molecule has 1 fully saturated rings. The SMILES string of the molecule is CCOCCS(=O)(=O)N1C(C)CCCC1CN. The van der Waals surface area contributed by atoms with Crippen molar-refractivity contribution in [3.05, 3.63) is 0 Å². The summed E-state index contributed by atoms with van der Waals surface area (Å²) in [7, 11) is -3.24. The van der Waals surface area contributed by atoms with Crippen LogP contribution in [-0.4, -0.2) is 50.3 Å². The minimum absolute atomic E-state index is 0.0367. The lowest BCUT2D eigenvalue weighted by atomic mass is 10.00. The lowest BCUT2D eigenvalue weighted by Crippen LogP contribution is -2.52. The van der Waals surface area contributed by atoms with E-state index in [2.05, 4.69) is 0 Å². The zero-order valence-corrected chi connectivity index (χ0v) is 11.6. The molecule has 6 heteroatoms. The van der Waals surface area contributed by atoms with Gasteiger partial charge >= 0.3 is 0 Å². The van der Waals surface area contributed by atoms with Crippen molar-refractivity contribution in [1.82, 2.24) is 4.31 Å². The number of piperidine rings is 1. The van der Waals surface area contributed by atoms with Crippen LogP contribution in [0.25, 0.3) is 0 Å². The van der Waals surface area contributed by atoms with Crippen molar-refractivity contribution >= 4 is 10.0 Å². The quantitative estimate of drug-likeness (QED) is 0.711. The fourth-order valence-electron chi connectivity index (χ4n) is 2.40. The van der Waals surface area contributed by atoms with Crippen molar-refractivity contribution in [2.45, 2.75) is 45.2 Å². The Kier molecular flexibility index (Phi) is 5.85.